The summed E-state index contributed by atoms with van der Waals surface area (Å²) in [6, 6.07) is 13.1. The van der Waals surface area contributed by atoms with Crippen LogP contribution in [-0.4, -0.2) is 41.9 Å². The van der Waals surface area contributed by atoms with Crippen LogP contribution in [0, 0.1) is 20.8 Å². The quantitative estimate of drug-likeness (QED) is 0.828. The number of carbonyl (C=O) groups is 3. The third kappa shape index (κ3) is 4.74. The van der Waals surface area contributed by atoms with Gasteiger partial charge in [-0.05, 0) is 55.7 Å². The molecule has 3 rings (SSSR count). The molecule has 2 aromatic carbocycles. The van der Waals surface area contributed by atoms with Crippen LogP contribution in [0.4, 0.5) is 11.4 Å². The van der Waals surface area contributed by atoms with Gasteiger partial charge in [0, 0.05) is 25.6 Å². The Labute approximate surface area is 176 Å². The summed E-state index contributed by atoms with van der Waals surface area (Å²) in [4.78, 5) is 38.9. The van der Waals surface area contributed by atoms with Crippen molar-refractivity contribution in [3.8, 4) is 0 Å². The molecule has 1 N–H and O–H groups in total. The maximum atomic E-state index is 12.8. The molecule has 0 atom stereocenters. The maximum absolute atomic E-state index is 12.8. The first-order chi connectivity index (χ1) is 14.3. The summed E-state index contributed by atoms with van der Waals surface area (Å²) in [5, 5.41) is 8.41. The number of carbonyl (C=O) groups excluding carboxylic acids is 3. The topological polar surface area (TPSA) is 82.1 Å². The van der Waals surface area contributed by atoms with E-state index in [9.17, 15) is 14.4 Å². The zero-order valence-corrected chi connectivity index (χ0v) is 17.7. The number of nitrogens with one attached hydrogen (secondary N) is 1. The molecule has 3 amide bonds. The Morgan fingerprint density at radius 1 is 1.10 bits per heavy atom. The van der Waals surface area contributed by atoms with Crippen molar-refractivity contribution in [2.45, 2.75) is 33.6 Å². The van der Waals surface area contributed by atoms with Crippen molar-refractivity contribution in [1.82, 2.24) is 4.90 Å². The van der Waals surface area contributed by atoms with Gasteiger partial charge >= 0.3 is 0 Å². The van der Waals surface area contributed by atoms with Gasteiger partial charge in [-0.2, -0.15) is 5.10 Å². The molecular formula is C23H26N4O3. The summed E-state index contributed by atoms with van der Waals surface area (Å²) in [7, 11) is 1.56. The fourth-order valence-corrected chi connectivity index (χ4v) is 3.25. The Bertz CT molecular complexity index is 1030. The molecule has 0 unspecified atom stereocenters. The molecule has 1 aliphatic rings. The van der Waals surface area contributed by atoms with Crippen LogP contribution in [0.5, 0.6) is 0 Å². The van der Waals surface area contributed by atoms with Crippen LogP contribution >= 0.6 is 0 Å². The number of rotatable bonds is 5. The minimum absolute atomic E-state index is 0.108. The van der Waals surface area contributed by atoms with Crippen LogP contribution in [0.15, 0.2) is 47.6 Å². The van der Waals surface area contributed by atoms with Crippen molar-refractivity contribution in [2.75, 3.05) is 23.9 Å². The van der Waals surface area contributed by atoms with E-state index in [2.05, 4.69) is 10.4 Å². The van der Waals surface area contributed by atoms with Gasteiger partial charge in [-0.25, -0.2) is 5.01 Å². The molecule has 0 radical (unpaired) electrons. The van der Waals surface area contributed by atoms with Crippen LogP contribution in [0.25, 0.3) is 0 Å². The molecule has 1 aliphatic heterocycles. The third-order valence-electron chi connectivity index (χ3n) is 5.13. The molecule has 1 heterocycles. The number of aryl methyl sites for hydroxylation is 2. The number of hydrogen-bond acceptors (Lipinski definition) is 4. The molecule has 0 spiro atoms. The first kappa shape index (κ1) is 21.2. The second kappa shape index (κ2) is 8.90. The lowest BCUT2D eigenvalue weighted by molar-refractivity contribution is -0.128. The lowest BCUT2D eigenvalue weighted by Crippen LogP contribution is -2.42. The summed E-state index contributed by atoms with van der Waals surface area (Å²) < 4.78 is 0. The molecule has 0 saturated carbocycles. The average Bonchev–Trinajstić information content (AvgIpc) is 2.71. The number of hydrazone groups is 1. The summed E-state index contributed by atoms with van der Waals surface area (Å²) in [5.41, 5.74) is 4.68. The van der Waals surface area contributed by atoms with Crippen molar-refractivity contribution in [3.05, 3.63) is 59.2 Å². The van der Waals surface area contributed by atoms with Crippen molar-refractivity contribution >= 4 is 34.8 Å². The van der Waals surface area contributed by atoms with Crippen molar-refractivity contribution in [3.63, 3.8) is 0 Å². The normalized spacial score (nSPS) is 13.7. The molecule has 0 bridgehead atoms. The van der Waals surface area contributed by atoms with Gasteiger partial charge in [-0.3, -0.25) is 14.4 Å². The first-order valence-electron chi connectivity index (χ1n) is 9.85. The monoisotopic (exact) mass is 406 g/mol. The second-order valence-corrected chi connectivity index (χ2v) is 7.55. The molecule has 7 nitrogen and oxygen atoms in total. The number of likely N-dealkylation sites (N-methyl/N-ethyl adjacent to an activating group) is 1. The Kier molecular flexibility index (Phi) is 6.30. The lowest BCUT2D eigenvalue weighted by atomic mass is 10.1. The number of anilines is 2. The van der Waals surface area contributed by atoms with Gasteiger partial charge in [0.2, 0.25) is 11.8 Å². The highest BCUT2D eigenvalue weighted by Gasteiger charge is 2.28. The van der Waals surface area contributed by atoms with Crippen molar-refractivity contribution in [2.24, 2.45) is 5.10 Å². The number of hydrogen-bond donors (Lipinski definition) is 1. The van der Waals surface area contributed by atoms with Crippen molar-refractivity contribution < 1.29 is 14.4 Å². The zero-order chi connectivity index (χ0) is 21.8. The third-order valence-corrected chi connectivity index (χ3v) is 5.13. The minimum atomic E-state index is -0.365. The fraction of sp³-hybridized carbons (Fsp3) is 0.304. The summed E-state index contributed by atoms with van der Waals surface area (Å²) in [6.45, 7) is 5.73. The Balaban J connectivity index is 1.70. The molecule has 0 fully saturated rings. The smallest absolute Gasteiger partial charge is 0.270 e. The maximum Gasteiger partial charge on any atom is 0.270 e. The molecule has 156 valence electrons. The Morgan fingerprint density at radius 2 is 1.83 bits per heavy atom. The number of benzene rings is 2. The molecule has 0 aromatic heterocycles. The number of amides is 3. The van der Waals surface area contributed by atoms with E-state index in [1.54, 1.807) is 13.1 Å². The number of nitrogens with zero attached hydrogens (tertiary/aromatic N) is 3. The molecular weight excluding hydrogens is 380 g/mol. The van der Waals surface area contributed by atoms with Crippen LogP contribution in [-0.2, 0) is 14.4 Å². The summed E-state index contributed by atoms with van der Waals surface area (Å²) >= 11 is 0. The standard InChI is InChI=1S/C23H26N4O3/c1-15-7-5-9-18(13-15)27-22(29)12-11-20(25-27)23(30)26(4)14-21(28)24-19-10-6-8-16(2)17(19)3/h5-10,13H,11-12,14H2,1-4H3,(H,24,28). The van der Waals surface area contributed by atoms with Gasteiger partial charge in [0.1, 0.15) is 5.71 Å². The van der Waals surface area contributed by atoms with Crippen molar-refractivity contribution in [1.29, 1.82) is 0 Å². The van der Waals surface area contributed by atoms with Gasteiger partial charge < -0.3 is 10.2 Å². The van der Waals surface area contributed by atoms with Crippen LogP contribution < -0.4 is 10.3 Å². The van der Waals surface area contributed by atoms with E-state index in [0.717, 1.165) is 22.4 Å². The molecule has 0 saturated heterocycles. The lowest BCUT2D eigenvalue weighted by Gasteiger charge is -2.25. The second-order valence-electron chi connectivity index (χ2n) is 7.55. The van der Waals surface area contributed by atoms with E-state index in [4.69, 9.17) is 0 Å². The molecule has 2 aromatic rings. The molecule has 0 aliphatic carbocycles. The van der Waals surface area contributed by atoms with Gasteiger partial charge in [0.05, 0.1) is 12.2 Å². The first-order valence-corrected chi connectivity index (χ1v) is 9.85. The van der Waals surface area contributed by atoms with Gasteiger partial charge in [0.25, 0.3) is 5.91 Å². The zero-order valence-electron chi connectivity index (χ0n) is 17.7. The fourth-order valence-electron chi connectivity index (χ4n) is 3.25. The van der Waals surface area contributed by atoms with Crippen LogP contribution in [0.3, 0.4) is 0 Å². The largest absolute Gasteiger partial charge is 0.331 e. The average molecular weight is 406 g/mol. The SMILES string of the molecule is Cc1cccc(N2N=C(C(=O)N(C)CC(=O)Nc3cccc(C)c3C)CCC2=O)c1. The van der Waals surface area contributed by atoms with Crippen LogP contribution in [0.1, 0.15) is 29.5 Å². The highest BCUT2D eigenvalue weighted by atomic mass is 16.2. The Morgan fingerprint density at radius 3 is 2.57 bits per heavy atom. The van der Waals surface area contributed by atoms with E-state index in [1.165, 1.54) is 9.91 Å². The summed E-state index contributed by atoms with van der Waals surface area (Å²) in [5.74, 6) is -0.814. The predicted molar refractivity (Wildman–Crippen MR) is 118 cm³/mol. The minimum Gasteiger partial charge on any atom is -0.331 e. The van der Waals surface area contributed by atoms with E-state index in [0.29, 0.717) is 5.69 Å². The van der Waals surface area contributed by atoms with E-state index in [1.807, 2.05) is 57.2 Å². The predicted octanol–water partition coefficient (Wildman–Crippen LogP) is 3.19. The van der Waals surface area contributed by atoms with Crippen LogP contribution in [0.2, 0.25) is 0 Å². The Hall–Kier alpha value is -3.48. The highest BCUT2D eigenvalue weighted by Crippen LogP contribution is 2.22. The van der Waals surface area contributed by atoms with Gasteiger partial charge in [-0.15, -0.1) is 0 Å². The molecule has 30 heavy (non-hydrogen) atoms. The van der Waals surface area contributed by atoms with Gasteiger partial charge in [-0.1, -0.05) is 24.3 Å². The van der Waals surface area contributed by atoms with E-state index < -0.39 is 0 Å². The van der Waals surface area contributed by atoms with E-state index in [-0.39, 0.29) is 42.8 Å². The summed E-state index contributed by atoms with van der Waals surface area (Å²) in [6.07, 6.45) is 0.448. The van der Waals surface area contributed by atoms with E-state index >= 15 is 0 Å². The molecule has 7 heteroatoms. The van der Waals surface area contributed by atoms with Gasteiger partial charge in [0.15, 0.2) is 0 Å². The highest BCUT2D eigenvalue weighted by molar-refractivity contribution is 6.40.